The van der Waals surface area contributed by atoms with E-state index in [2.05, 4.69) is 10.1 Å². The van der Waals surface area contributed by atoms with E-state index in [-0.39, 0.29) is 6.04 Å². The maximum Gasteiger partial charge on any atom is 0.164 e. The van der Waals surface area contributed by atoms with Gasteiger partial charge in [0.25, 0.3) is 0 Å². The third-order valence-corrected chi connectivity index (χ3v) is 3.13. The highest BCUT2D eigenvalue weighted by atomic mass is 35.5. The van der Waals surface area contributed by atoms with E-state index in [1.54, 1.807) is 4.68 Å². The van der Waals surface area contributed by atoms with Crippen molar-refractivity contribution < 1.29 is 4.74 Å². The molecule has 1 aromatic heterocycles. The number of hydrogen-bond acceptors (Lipinski definition) is 4. The predicted octanol–water partition coefficient (Wildman–Crippen LogP) is 2.55. The summed E-state index contributed by atoms with van der Waals surface area (Å²) in [5.74, 6) is 1.39. The smallest absolute Gasteiger partial charge is 0.164 e. The normalized spacial score (nSPS) is 12.4. The van der Waals surface area contributed by atoms with Crippen molar-refractivity contribution in [3.63, 3.8) is 0 Å². The van der Waals surface area contributed by atoms with E-state index in [1.165, 1.54) is 6.33 Å². The second kappa shape index (κ2) is 6.04. The van der Waals surface area contributed by atoms with Crippen molar-refractivity contribution in [2.45, 2.75) is 33.0 Å². The number of hydrogen-bond donors (Lipinski definition) is 1. The fourth-order valence-corrected chi connectivity index (χ4v) is 1.97. The van der Waals surface area contributed by atoms with Gasteiger partial charge in [-0.05, 0) is 31.5 Å². The summed E-state index contributed by atoms with van der Waals surface area (Å²) in [5.41, 5.74) is 6.78. The number of benzene rings is 1. The van der Waals surface area contributed by atoms with Crippen molar-refractivity contribution in [2.24, 2.45) is 5.73 Å². The minimum absolute atomic E-state index is 0.0465. The molecule has 2 N–H and O–H groups in total. The fraction of sp³-hybridized carbons (Fsp3) is 0.385. The average molecular weight is 281 g/mol. The summed E-state index contributed by atoms with van der Waals surface area (Å²) in [6.07, 6.45) is 1.52. The van der Waals surface area contributed by atoms with Crippen molar-refractivity contribution in [3.8, 4) is 5.75 Å². The van der Waals surface area contributed by atoms with Crippen molar-refractivity contribution in [3.05, 3.63) is 40.9 Å². The summed E-state index contributed by atoms with van der Waals surface area (Å²) in [5, 5.41) is 4.64. The number of rotatable bonds is 5. The van der Waals surface area contributed by atoms with Gasteiger partial charge in [0.2, 0.25) is 0 Å². The summed E-state index contributed by atoms with van der Waals surface area (Å²) < 4.78 is 7.44. The Balaban J connectivity index is 2.08. The number of aryl methyl sites for hydroxylation is 1. The Labute approximate surface area is 117 Å². The molecular weight excluding hydrogens is 264 g/mol. The average Bonchev–Trinajstić information content (AvgIpc) is 2.84. The molecule has 5 nitrogen and oxygen atoms in total. The zero-order chi connectivity index (χ0) is 13.8. The number of aromatic nitrogens is 3. The van der Waals surface area contributed by atoms with Gasteiger partial charge in [0.05, 0.1) is 5.02 Å². The molecule has 1 aromatic carbocycles. The third kappa shape index (κ3) is 3.24. The number of ether oxygens (including phenoxy) is 1. The minimum atomic E-state index is -0.0465. The van der Waals surface area contributed by atoms with Crippen LogP contribution in [-0.4, -0.2) is 14.8 Å². The second-order valence-corrected chi connectivity index (χ2v) is 4.67. The zero-order valence-electron chi connectivity index (χ0n) is 11.0. The second-order valence-electron chi connectivity index (χ2n) is 4.26. The summed E-state index contributed by atoms with van der Waals surface area (Å²) >= 11 is 6.16. The largest absolute Gasteiger partial charge is 0.484 e. The molecule has 0 spiro atoms. The van der Waals surface area contributed by atoms with E-state index in [0.717, 1.165) is 17.9 Å². The van der Waals surface area contributed by atoms with Crippen molar-refractivity contribution in [1.29, 1.82) is 0 Å². The molecule has 0 bridgehead atoms. The molecule has 0 aliphatic rings. The third-order valence-electron chi connectivity index (χ3n) is 2.83. The van der Waals surface area contributed by atoms with Crippen LogP contribution in [0, 0.1) is 0 Å². The van der Waals surface area contributed by atoms with Crippen molar-refractivity contribution in [1.82, 2.24) is 14.8 Å². The van der Waals surface area contributed by atoms with Gasteiger partial charge in [-0.3, -0.25) is 0 Å². The van der Waals surface area contributed by atoms with Crippen LogP contribution in [0.3, 0.4) is 0 Å². The Morgan fingerprint density at radius 2 is 2.26 bits per heavy atom. The molecule has 2 rings (SSSR count). The van der Waals surface area contributed by atoms with Crippen LogP contribution in [0.5, 0.6) is 5.75 Å². The molecule has 0 aliphatic heterocycles. The summed E-state index contributed by atoms with van der Waals surface area (Å²) in [6, 6.07) is 5.52. The molecule has 6 heteroatoms. The van der Waals surface area contributed by atoms with Crippen LogP contribution < -0.4 is 10.5 Å². The van der Waals surface area contributed by atoms with Gasteiger partial charge >= 0.3 is 0 Å². The molecule has 0 aliphatic carbocycles. The van der Waals surface area contributed by atoms with Crippen LogP contribution in [0.25, 0.3) is 0 Å². The molecule has 102 valence electrons. The number of nitrogens with zero attached hydrogens (tertiary/aromatic N) is 3. The van der Waals surface area contributed by atoms with Gasteiger partial charge in [-0.2, -0.15) is 5.10 Å². The van der Waals surface area contributed by atoms with Gasteiger partial charge in [0, 0.05) is 12.6 Å². The maximum atomic E-state index is 6.16. The van der Waals surface area contributed by atoms with Crippen LogP contribution in [0.4, 0.5) is 0 Å². The van der Waals surface area contributed by atoms with Gasteiger partial charge in [-0.25, -0.2) is 9.67 Å². The first-order valence-corrected chi connectivity index (χ1v) is 6.54. The Hall–Kier alpha value is -1.59. The Bertz CT molecular complexity index is 553. The topological polar surface area (TPSA) is 66.0 Å². The van der Waals surface area contributed by atoms with E-state index in [1.807, 2.05) is 32.0 Å². The van der Waals surface area contributed by atoms with Gasteiger partial charge in [0.1, 0.15) is 18.7 Å². The zero-order valence-corrected chi connectivity index (χ0v) is 11.8. The van der Waals surface area contributed by atoms with Crippen LogP contribution in [0.2, 0.25) is 5.02 Å². The molecule has 0 amide bonds. The standard InChI is InChI=1S/C13H17ClN4O/c1-3-18-13(16-8-17-18)7-19-12-5-4-10(9(2)15)6-11(12)14/h4-6,8-9H,3,7,15H2,1-2H3/t9-/m0/s1. The Morgan fingerprint density at radius 3 is 2.89 bits per heavy atom. The van der Waals surface area contributed by atoms with Crippen molar-refractivity contribution >= 4 is 11.6 Å². The fourth-order valence-electron chi connectivity index (χ4n) is 1.72. The van der Waals surface area contributed by atoms with Crippen molar-refractivity contribution in [2.75, 3.05) is 0 Å². The molecule has 1 atom stereocenters. The Kier molecular flexibility index (Phi) is 4.39. The highest BCUT2D eigenvalue weighted by Crippen LogP contribution is 2.27. The number of nitrogens with two attached hydrogens (primary N) is 1. The molecule has 0 unspecified atom stereocenters. The molecule has 0 radical (unpaired) electrons. The first-order valence-electron chi connectivity index (χ1n) is 6.16. The van der Waals surface area contributed by atoms with E-state index in [0.29, 0.717) is 17.4 Å². The van der Waals surface area contributed by atoms with E-state index >= 15 is 0 Å². The van der Waals surface area contributed by atoms with Gasteiger partial charge < -0.3 is 10.5 Å². The van der Waals surface area contributed by atoms with E-state index in [9.17, 15) is 0 Å². The van der Waals surface area contributed by atoms with Crippen LogP contribution >= 0.6 is 11.6 Å². The van der Waals surface area contributed by atoms with Crippen LogP contribution in [-0.2, 0) is 13.2 Å². The molecule has 1 heterocycles. The van der Waals surface area contributed by atoms with E-state index in [4.69, 9.17) is 22.1 Å². The summed E-state index contributed by atoms with van der Waals surface area (Å²) in [4.78, 5) is 4.14. The molecule has 2 aromatic rings. The highest BCUT2D eigenvalue weighted by Gasteiger charge is 2.08. The molecule has 19 heavy (non-hydrogen) atoms. The van der Waals surface area contributed by atoms with Gasteiger partial charge in [0.15, 0.2) is 5.82 Å². The molecule has 0 saturated heterocycles. The lowest BCUT2D eigenvalue weighted by Crippen LogP contribution is -2.08. The lowest BCUT2D eigenvalue weighted by Gasteiger charge is -2.11. The SMILES string of the molecule is CCn1ncnc1COc1ccc([C@H](C)N)cc1Cl. The summed E-state index contributed by atoms with van der Waals surface area (Å²) in [6.45, 7) is 5.01. The molecular formula is C13H17ClN4O. The lowest BCUT2D eigenvalue weighted by atomic mass is 10.1. The first-order chi connectivity index (χ1) is 9.11. The van der Waals surface area contributed by atoms with Crippen LogP contribution in [0.15, 0.2) is 24.5 Å². The first kappa shape index (κ1) is 13.8. The monoisotopic (exact) mass is 280 g/mol. The lowest BCUT2D eigenvalue weighted by molar-refractivity contribution is 0.287. The summed E-state index contributed by atoms with van der Waals surface area (Å²) in [7, 11) is 0. The highest BCUT2D eigenvalue weighted by molar-refractivity contribution is 6.32. The predicted molar refractivity (Wildman–Crippen MR) is 74.1 cm³/mol. The number of halogens is 1. The van der Waals surface area contributed by atoms with Gasteiger partial charge in [-0.15, -0.1) is 0 Å². The van der Waals surface area contributed by atoms with E-state index < -0.39 is 0 Å². The molecule has 0 saturated carbocycles. The maximum absolute atomic E-state index is 6.16. The molecule has 0 fully saturated rings. The minimum Gasteiger partial charge on any atom is -0.484 e. The Morgan fingerprint density at radius 1 is 1.47 bits per heavy atom. The van der Waals surface area contributed by atoms with Crippen LogP contribution in [0.1, 0.15) is 31.3 Å². The van der Waals surface area contributed by atoms with Gasteiger partial charge in [-0.1, -0.05) is 17.7 Å². The quantitative estimate of drug-likeness (QED) is 0.914.